The molecule has 4 fully saturated rings. The van der Waals surface area contributed by atoms with E-state index in [9.17, 15) is 19.2 Å². The number of amides is 4. The van der Waals surface area contributed by atoms with E-state index in [2.05, 4.69) is 0 Å². The molecule has 6 nitrogen and oxygen atoms in total. The van der Waals surface area contributed by atoms with Crippen LogP contribution in [0.3, 0.4) is 0 Å². The number of fused-ring (bicyclic) bond motifs is 1. The van der Waals surface area contributed by atoms with Crippen molar-refractivity contribution in [2.45, 2.75) is 13.8 Å². The molecule has 0 N–H and O–H groups in total. The third-order valence-electron chi connectivity index (χ3n) is 9.06. The standard InChI is InChI=1S/C28H24N2O4/c1-13-7-3-5-9-17(13)29-25(31)21-15-11-12-16(22(21)26(29)32)20-19(15)23-24(20)28(34)30(27(23)33)18-10-6-4-8-14(18)2/h3-12,15-16,19-24H,1-2H3/t15-,16+,19+,20-,21+,22-,23-,24-/m0/s1. The number of hydrogen-bond acceptors (Lipinski definition) is 4. The lowest BCUT2D eigenvalue weighted by molar-refractivity contribution is -0.166. The molecule has 2 aromatic rings. The van der Waals surface area contributed by atoms with Gasteiger partial charge in [-0.1, -0.05) is 48.6 Å². The molecule has 2 aromatic carbocycles. The first-order valence-corrected chi connectivity index (χ1v) is 12.0. The van der Waals surface area contributed by atoms with Crippen molar-refractivity contribution in [2.24, 2.45) is 47.3 Å². The van der Waals surface area contributed by atoms with Gasteiger partial charge in [-0.3, -0.25) is 19.2 Å². The number of carbonyl (C=O) groups is 4. The van der Waals surface area contributed by atoms with Gasteiger partial charge >= 0.3 is 0 Å². The topological polar surface area (TPSA) is 74.8 Å². The molecule has 6 heteroatoms. The van der Waals surface area contributed by atoms with Crippen LogP contribution in [0.4, 0.5) is 11.4 Å². The van der Waals surface area contributed by atoms with Gasteiger partial charge in [-0.25, -0.2) is 9.80 Å². The second-order valence-electron chi connectivity index (χ2n) is 10.4. The van der Waals surface area contributed by atoms with E-state index in [0.717, 1.165) is 11.1 Å². The van der Waals surface area contributed by atoms with Gasteiger partial charge in [0.05, 0.1) is 35.0 Å². The predicted molar refractivity (Wildman–Crippen MR) is 124 cm³/mol. The van der Waals surface area contributed by atoms with Crippen LogP contribution in [0.2, 0.25) is 0 Å². The number of para-hydroxylation sites is 2. The number of allylic oxidation sites excluding steroid dienone is 2. The molecule has 2 aliphatic heterocycles. The molecule has 0 spiro atoms. The third kappa shape index (κ3) is 2.17. The molecule has 8 atom stereocenters. The van der Waals surface area contributed by atoms with Gasteiger partial charge in [0.25, 0.3) is 0 Å². The zero-order chi connectivity index (χ0) is 23.5. The summed E-state index contributed by atoms with van der Waals surface area (Å²) in [5.41, 5.74) is 3.03. The second-order valence-corrected chi connectivity index (χ2v) is 10.4. The maximum Gasteiger partial charge on any atom is 0.238 e. The monoisotopic (exact) mass is 452 g/mol. The molecular formula is C28H24N2O4. The summed E-state index contributed by atoms with van der Waals surface area (Å²) in [6.45, 7) is 3.80. The van der Waals surface area contributed by atoms with E-state index < -0.39 is 23.7 Å². The minimum Gasteiger partial charge on any atom is -0.274 e. The highest BCUT2D eigenvalue weighted by molar-refractivity contribution is 6.25. The Bertz CT molecular complexity index is 1290. The van der Waals surface area contributed by atoms with E-state index in [1.165, 1.54) is 9.80 Å². The molecule has 8 rings (SSSR count). The van der Waals surface area contributed by atoms with Crippen LogP contribution in [0.15, 0.2) is 60.7 Å². The second kappa shape index (κ2) is 6.53. The molecule has 2 saturated heterocycles. The number of rotatable bonds is 2. The van der Waals surface area contributed by atoms with Gasteiger partial charge in [-0.15, -0.1) is 0 Å². The van der Waals surface area contributed by atoms with Crippen LogP contribution in [0.25, 0.3) is 0 Å². The maximum absolute atomic E-state index is 13.6. The molecule has 0 aromatic heterocycles. The van der Waals surface area contributed by atoms with Crippen LogP contribution < -0.4 is 9.80 Å². The molecule has 2 heterocycles. The summed E-state index contributed by atoms with van der Waals surface area (Å²) >= 11 is 0. The average molecular weight is 453 g/mol. The summed E-state index contributed by atoms with van der Waals surface area (Å²) in [5.74, 6) is -2.92. The SMILES string of the molecule is Cc1ccccc1N1C(=O)[C@@H]2[C@@H](C1=O)[C@@H]1[C@@H]3C=C[C@@H]([C@@H]4C(=O)N(c5ccccc5C)C(=O)[C@H]34)[C@H]21. The normalized spacial score (nSPS) is 37.1. The third-order valence-corrected chi connectivity index (χ3v) is 9.06. The van der Waals surface area contributed by atoms with Crippen molar-refractivity contribution in [1.82, 2.24) is 0 Å². The van der Waals surface area contributed by atoms with Crippen LogP contribution >= 0.6 is 0 Å². The summed E-state index contributed by atoms with van der Waals surface area (Å²) in [7, 11) is 0. The number of imide groups is 2. The van der Waals surface area contributed by atoms with Crippen molar-refractivity contribution in [1.29, 1.82) is 0 Å². The number of nitrogens with zero attached hydrogens (tertiary/aromatic N) is 2. The Kier molecular flexibility index (Phi) is 3.82. The largest absolute Gasteiger partial charge is 0.274 e. The van der Waals surface area contributed by atoms with E-state index in [1.807, 2.05) is 74.5 Å². The molecule has 4 amide bonds. The van der Waals surface area contributed by atoms with Crippen molar-refractivity contribution >= 4 is 35.0 Å². The minimum absolute atomic E-state index is 0.0692. The van der Waals surface area contributed by atoms with E-state index in [1.54, 1.807) is 0 Å². The van der Waals surface area contributed by atoms with Crippen LogP contribution in [-0.2, 0) is 19.2 Å². The molecule has 4 aliphatic carbocycles. The molecule has 2 saturated carbocycles. The van der Waals surface area contributed by atoms with Gasteiger partial charge < -0.3 is 0 Å². The van der Waals surface area contributed by atoms with Crippen molar-refractivity contribution in [3.8, 4) is 0 Å². The smallest absolute Gasteiger partial charge is 0.238 e. The summed E-state index contributed by atoms with van der Waals surface area (Å²) in [6.07, 6.45) is 4.09. The molecule has 2 bridgehead atoms. The highest BCUT2D eigenvalue weighted by Gasteiger charge is 2.75. The van der Waals surface area contributed by atoms with Gasteiger partial charge in [0.2, 0.25) is 23.6 Å². The van der Waals surface area contributed by atoms with Crippen molar-refractivity contribution in [3.05, 3.63) is 71.8 Å². The Labute approximate surface area is 197 Å². The number of hydrogen-bond donors (Lipinski definition) is 0. The lowest BCUT2D eigenvalue weighted by atomic mass is 9.40. The van der Waals surface area contributed by atoms with Crippen molar-refractivity contribution in [2.75, 3.05) is 9.80 Å². The Morgan fingerprint density at radius 2 is 0.882 bits per heavy atom. The number of carbonyl (C=O) groups excluding carboxylic acids is 4. The van der Waals surface area contributed by atoms with Crippen LogP contribution in [-0.4, -0.2) is 23.6 Å². The van der Waals surface area contributed by atoms with Crippen molar-refractivity contribution in [3.63, 3.8) is 0 Å². The van der Waals surface area contributed by atoms with Gasteiger partial charge in [-0.2, -0.15) is 0 Å². The number of benzene rings is 2. The van der Waals surface area contributed by atoms with Crippen LogP contribution in [0.5, 0.6) is 0 Å². The highest BCUT2D eigenvalue weighted by Crippen LogP contribution is 2.68. The molecule has 34 heavy (non-hydrogen) atoms. The zero-order valence-electron chi connectivity index (χ0n) is 18.9. The molecule has 0 radical (unpaired) electrons. The Balaban J connectivity index is 1.27. The summed E-state index contributed by atoms with van der Waals surface area (Å²) < 4.78 is 0. The van der Waals surface area contributed by atoms with Gasteiger partial charge in [-0.05, 0) is 60.8 Å². The zero-order valence-corrected chi connectivity index (χ0v) is 18.9. The fourth-order valence-electron chi connectivity index (χ4n) is 7.70. The fraction of sp³-hybridized carbons (Fsp3) is 0.357. The Morgan fingerprint density at radius 3 is 1.26 bits per heavy atom. The summed E-state index contributed by atoms with van der Waals surface area (Å²) in [5, 5.41) is 0. The number of anilines is 2. The van der Waals surface area contributed by atoms with Gasteiger partial charge in [0.15, 0.2) is 0 Å². The summed E-state index contributed by atoms with van der Waals surface area (Å²) in [4.78, 5) is 57.1. The van der Waals surface area contributed by atoms with Crippen LogP contribution in [0.1, 0.15) is 11.1 Å². The number of aryl methyl sites for hydroxylation is 2. The van der Waals surface area contributed by atoms with Crippen molar-refractivity contribution < 1.29 is 19.2 Å². The first kappa shape index (κ1) is 19.9. The Morgan fingerprint density at radius 1 is 0.529 bits per heavy atom. The van der Waals surface area contributed by atoms with E-state index in [4.69, 9.17) is 0 Å². The summed E-state index contributed by atoms with van der Waals surface area (Å²) in [6, 6.07) is 14.9. The highest BCUT2D eigenvalue weighted by atomic mass is 16.2. The van der Waals surface area contributed by atoms with E-state index in [0.29, 0.717) is 11.4 Å². The predicted octanol–water partition coefficient (Wildman–Crippen LogP) is 3.28. The van der Waals surface area contributed by atoms with Gasteiger partial charge in [0, 0.05) is 0 Å². The van der Waals surface area contributed by atoms with Gasteiger partial charge in [0.1, 0.15) is 0 Å². The lowest BCUT2D eigenvalue weighted by Crippen LogP contribution is -2.63. The van der Waals surface area contributed by atoms with E-state index >= 15 is 0 Å². The first-order valence-electron chi connectivity index (χ1n) is 12.0. The minimum atomic E-state index is -0.459. The quantitative estimate of drug-likeness (QED) is 0.518. The molecular weight excluding hydrogens is 428 g/mol. The van der Waals surface area contributed by atoms with E-state index in [-0.39, 0.29) is 47.3 Å². The molecule has 170 valence electrons. The maximum atomic E-state index is 13.6. The molecule has 0 unspecified atom stereocenters. The fourth-order valence-corrected chi connectivity index (χ4v) is 7.70. The average Bonchev–Trinajstić information content (AvgIpc) is 3.19. The van der Waals surface area contributed by atoms with Crippen LogP contribution in [0, 0.1) is 61.2 Å². The first-order chi connectivity index (χ1) is 16.4. The lowest BCUT2D eigenvalue weighted by Gasteiger charge is -2.60. The Hall–Kier alpha value is -3.54. The molecule has 6 aliphatic rings.